The predicted molar refractivity (Wildman–Crippen MR) is 106 cm³/mol. The zero-order valence-corrected chi connectivity index (χ0v) is 16.5. The minimum atomic E-state index is -0.462. The van der Waals surface area contributed by atoms with Gasteiger partial charge in [-0.25, -0.2) is 0 Å². The Morgan fingerprint density at radius 3 is 1.81 bits per heavy atom. The number of ether oxygens (including phenoxy) is 3. The average molecular weight is 373 g/mol. The van der Waals surface area contributed by atoms with Crippen LogP contribution in [-0.2, 0) is 27.4 Å². The van der Waals surface area contributed by atoms with Crippen LogP contribution in [0.2, 0.25) is 0 Å². The fourth-order valence-corrected chi connectivity index (χ4v) is 2.97. The van der Waals surface area contributed by atoms with Crippen molar-refractivity contribution in [3.8, 4) is 0 Å². The van der Waals surface area contributed by atoms with E-state index in [9.17, 15) is 5.11 Å². The van der Waals surface area contributed by atoms with Gasteiger partial charge in [0, 0.05) is 7.11 Å². The van der Waals surface area contributed by atoms with Gasteiger partial charge in [-0.2, -0.15) is 0 Å². The van der Waals surface area contributed by atoms with Crippen molar-refractivity contribution in [3.05, 3.63) is 71.8 Å². The molecular formula is C22H31NO4. The van der Waals surface area contributed by atoms with Gasteiger partial charge < -0.3 is 24.2 Å². The van der Waals surface area contributed by atoms with Gasteiger partial charge in [0.2, 0.25) is 0 Å². The van der Waals surface area contributed by atoms with E-state index in [0.29, 0.717) is 19.8 Å². The lowest BCUT2D eigenvalue weighted by atomic mass is 10.0. The summed E-state index contributed by atoms with van der Waals surface area (Å²) in [6.07, 6.45) is -0.801. The molecule has 0 heterocycles. The highest BCUT2D eigenvalue weighted by Crippen LogP contribution is 2.17. The van der Waals surface area contributed by atoms with Gasteiger partial charge in [-0.3, -0.25) is 0 Å². The van der Waals surface area contributed by atoms with Gasteiger partial charge in [0.05, 0.1) is 32.5 Å². The molecule has 0 saturated heterocycles. The summed E-state index contributed by atoms with van der Waals surface area (Å²) < 4.78 is 17.7. The molecule has 0 aliphatic heterocycles. The van der Waals surface area contributed by atoms with Gasteiger partial charge in [0.15, 0.2) is 0 Å². The summed E-state index contributed by atoms with van der Waals surface area (Å²) in [5.41, 5.74) is 2.14. The molecule has 1 N–H and O–H groups in total. The lowest BCUT2D eigenvalue weighted by Gasteiger charge is -2.36. The number of hydrogen-bond acceptors (Lipinski definition) is 5. The summed E-state index contributed by atoms with van der Waals surface area (Å²) in [4.78, 5) is 2.05. The Labute approximate surface area is 162 Å². The molecule has 0 fully saturated rings. The number of aliphatic hydroxyl groups excluding tert-OH is 1. The zero-order chi connectivity index (χ0) is 19.5. The van der Waals surface area contributed by atoms with Crippen LogP contribution in [0.1, 0.15) is 11.1 Å². The number of likely N-dealkylation sites (N-methyl/N-ethyl adjacent to an activating group) is 1. The maximum absolute atomic E-state index is 10.0. The van der Waals surface area contributed by atoms with Gasteiger partial charge in [0.25, 0.3) is 0 Å². The number of methoxy groups -OCH3 is 1. The van der Waals surface area contributed by atoms with Crippen molar-refractivity contribution in [2.24, 2.45) is 0 Å². The largest absolute Gasteiger partial charge is 0.394 e. The van der Waals surface area contributed by atoms with E-state index < -0.39 is 6.10 Å². The topological polar surface area (TPSA) is 51.2 Å². The Morgan fingerprint density at radius 2 is 1.37 bits per heavy atom. The molecule has 3 atom stereocenters. The van der Waals surface area contributed by atoms with Crippen molar-refractivity contribution >= 4 is 0 Å². The van der Waals surface area contributed by atoms with Crippen LogP contribution < -0.4 is 0 Å². The Bertz CT molecular complexity index is 621. The third-order valence-corrected chi connectivity index (χ3v) is 4.52. The Kier molecular flexibility index (Phi) is 9.45. The Hall–Kier alpha value is -1.76. The normalized spacial score (nSPS) is 14.9. The fraction of sp³-hybridized carbons (Fsp3) is 0.455. The molecule has 2 rings (SSSR count). The minimum absolute atomic E-state index is 0.0494. The SMILES string of the molecule is COC[C@@H]([C@H](OCc1ccccc1)[C@@H](CO)OCc1ccccc1)N(C)C. The molecule has 0 radical (unpaired) electrons. The summed E-state index contributed by atoms with van der Waals surface area (Å²) in [5.74, 6) is 0. The van der Waals surface area contributed by atoms with E-state index in [1.54, 1.807) is 7.11 Å². The molecule has 0 unspecified atom stereocenters. The maximum atomic E-state index is 10.0. The van der Waals surface area contributed by atoms with Gasteiger partial charge in [-0.1, -0.05) is 60.7 Å². The van der Waals surface area contributed by atoms with Crippen LogP contribution in [-0.4, -0.2) is 62.7 Å². The fourth-order valence-electron chi connectivity index (χ4n) is 2.97. The van der Waals surface area contributed by atoms with Crippen molar-refractivity contribution in [1.29, 1.82) is 0 Å². The number of nitrogens with zero attached hydrogens (tertiary/aromatic N) is 1. The van der Waals surface area contributed by atoms with Crippen molar-refractivity contribution in [1.82, 2.24) is 4.90 Å². The van der Waals surface area contributed by atoms with Gasteiger partial charge in [-0.15, -0.1) is 0 Å². The summed E-state index contributed by atoms with van der Waals surface area (Å²) in [7, 11) is 5.63. The van der Waals surface area contributed by atoms with Crippen LogP contribution in [0.25, 0.3) is 0 Å². The molecule has 27 heavy (non-hydrogen) atoms. The molecule has 5 heteroatoms. The van der Waals surface area contributed by atoms with E-state index in [-0.39, 0.29) is 18.8 Å². The van der Waals surface area contributed by atoms with E-state index >= 15 is 0 Å². The van der Waals surface area contributed by atoms with Crippen LogP contribution >= 0.6 is 0 Å². The molecule has 2 aromatic carbocycles. The smallest absolute Gasteiger partial charge is 0.109 e. The Morgan fingerprint density at radius 1 is 0.852 bits per heavy atom. The molecule has 0 aliphatic rings. The highest BCUT2D eigenvalue weighted by Gasteiger charge is 2.32. The minimum Gasteiger partial charge on any atom is -0.394 e. The van der Waals surface area contributed by atoms with E-state index in [0.717, 1.165) is 11.1 Å². The van der Waals surface area contributed by atoms with Crippen LogP contribution in [0, 0.1) is 0 Å². The second-order valence-electron chi connectivity index (χ2n) is 6.77. The molecule has 5 nitrogen and oxygen atoms in total. The van der Waals surface area contributed by atoms with Crippen LogP contribution in [0.5, 0.6) is 0 Å². The third kappa shape index (κ3) is 7.05. The van der Waals surface area contributed by atoms with E-state index in [1.165, 1.54) is 0 Å². The first-order valence-corrected chi connectivity index (χ1v) is 9.23. The average Bonchev–Trinajstić information content (AvgIpc) is 2.70. The molecule has 148 valence electrons. The second-order valence-corrected chi connectivity index (χ2v) is 6.77. The predicted octanol–water partition coefficient (Wildman–Crippen LogP) is 2.73. The van der Waals surface area contributed by atoms with Gasteiger partial charge >= 0.3 is 0 Å². The lowest BCUT2D eigenvalue weighted by Crippen LogP contribution is -2.51. The number of hydrogen-bond donors (Lipinski definition) is 1. The van der Waals surface area contributed by atoms with Gasteiger partial charge in [-0.05, 0) is 25.2 Å². The van der Waals surface area contributed by atoms with E-state index in [1.807, 2.05) is 79.7 Å². The number of rotatable bonds is 12. The van der Waals surface area contributed by atoms with E-state index in [2.05, 4.69) is 0 Å². The molecular weight excluding hydrogens is 342 g/mol. The molecule has 0 spiro atoms. The Balaban J connectivity index is 2.11. The standard InChI is InChI=1S/C22H31NO4/c1-23(2)20(17-25-3)22(27-16-19-12-8-5-9-13-19)21(14-24)26-15-18-10-6-4-7-11-18/h4-13,20-22,24H,14-17H2,1-3H3/t20-,21+,22-/m0/s1. The molecule has 0 bridgehead atoms. The molecule has 2 aromatic rings. The summed E-state index contributed by atoms with van der Waals surface area (Å²) in [6, 6.07) is 19.9. The van der Waals surface area contributed by atoms with Crippen molar-refractivity contribution < 1.29 is 19.3 Å². The van der Waals surface area contributed by atoms with Crippen molar-refractivity contribution in [2.45, 2.75) is 31.5 Å². The highest BCUT2D eigenvalue weighted by molar-refractivity contribution is 5.14. The zero-order valence-electron chi connectivity index (χ0n) is 16.5. The summed E-state index contributed by atoms with van der Waals surface area (Å²) in [5, 5.41) is 10.0. The van der Waals surface area contributed by atoms with Gasteiger partial charge in [0.1, 0.15) is 12.2 Å². The summed E-state index contributed by atoms with van der Waals surface area (Å²) >= 11 is 0. The summed E-state index contributed by atoms with van der Waals surface area (Å²) in [6.45, 7) is 1.23. The quantitative estimate of drug-likeness (QED) is 0.620. The number of benzene rings is 2. The first kappa shape index (κ1) is 21.5. The first-order valence-electron chi connectivity index (χ1n) is 9.23. The molecule has 0 amide bonds. The van der Waals surface area contributed by atoms with Crippen molar-refractivity contribution in [3.63, 3.8) is 0 Å². The third-order valence-electron chi connectivity index (χ3n) is 4.52. The molecule has 0 aromatic heterocycles. The second kappa shape index (κ2) is 11.8. The lowest BCUT2D eigenvalue weighted by molar-refractivity contribution is -0.136. The van der Waals surface area contributed by atoms with E-state index in [4.69, 9.17) is 14.2 Å². The molecule has 0 aliphatic carbocycles. The van der Waals surface area contributed by atoms with Crippen LogP contribution in [0.3, 0.4) is 0 Å². The van der Waals surface area contributed by atoms with Crippen LogP contribution in [0.15, 0.2) is 60.7 Å². The number of aliphatic hydroxyl groups is 1. The monoisotopic (exact) mass is 373 g/mol. The molecule has 0 saturated carbocycles. The van der Waals surface area contributed by atoms with Crippen molar-refractivity contribution in [2.75, 3.05) is 34.4 Å². The maximum Gasteiger partial charge on any atom is 0.109 e. The van der Waals surface area contributed by atoms with Crippen LogP contribution in [0.4, 0.5) is 0 Å². The highest BCUT2D eigenvalue weighted by atomic mass is 16.5. The first-order chi connectivity index (χ1) is 13.2.